The molecule has 0 radical (unpaired) electrons. The Labute approximate surface area is 155 Å². The van der Waals surface area contributed by atoms with E-state index in [9.17, 15) is 4.79 Å². The number of carbonyl (C=O) groups excluding carboxylic acids is 1. The zero-order valence-corrected chi connectivity index (χ0v) is 14.8. The number of carbonyl (C=O) groups is 1. The Hall–Kier alpha value is -2.41. The number of para-hydroxylation sites is 1. The zero-order valence-electron chi connectivity index (χ0n) is 14.1. The minimum absolute atomic E-state index is 0.0392. The summed E-state index contributed by atoms with van der Waals surface area (Å²) >= 11 is 6.18. The Morgan fingerprint density at radius 3 is 2.88 bits per heavy atom. The van der Waals surface area contributed by atoms with Gasteiger partial charge in [0.2, 0.25) is 5.91 Å². The molecule has 4 rings (SSSR count). The highest BCUT2D eigenvalue weighted by Crippen LogP contribution is 2.26. The molecule has 2 aromatic carbocycles. The Balaban J connectivity index is 1.49. The molecule has 1 aliphatic rings. The summed E-state index contributed by atoms with van der Waals surface area (Å²) in [5, 5.41) is 6.76. The molecule has 26 heavy (non-hydrogen) atoms. The van der Waals surface area contributed by atoms with E-state index in [4.69, 9.17) is 16.3 Å². The normalized spacial score (nSPS) is 17.8. The smallest absolute Gasteiger partial charge is 0.231 e. The van der Waals surface area contributed by atoms with Crippen molar-refractivity contribution in [3.63, 3.8) is 0 Å². The standard InChI is InChI=1S/C19H19ClN4O2/c20-15-2-1-3-16-17(15)24-18(23-16)12-4-6-14(7-5-12)22-19(25)13-10-21-8-9-26-11-13/h1-7,13,21H,8-11H2,(H,22,25)(H,23,24). The van der Waals surface area contributed by atoms with Crippen molar-refractivity contribution in [3.05, 3.63) is 47.5 Å². The van der Waals surface area contributed by atoms with Crippen molar-refractivity contribution in [1.82, 2.24) is 15.3 Å². The summed E-state index contributed by atoms with van der Waals surface area (Å²) in [6.45, 7) is 2.49. The highest BCUT2D eigenvalue weighted by Gasteiger charge is 2.20. The molecule has 1 aromatic heterocycles. The molecule has 134 valence electrons. The van der Waals surface area contributed by atoms with Crippen LogP contribution >= 0.6 is 11.6 Å². The van der Waals surface area contributed by atoms with Crippen molar-refractivity contribution in [2.24, 2.45) is 5.92 Å². The number of benzene rings is 2. The number of aromatic amines is 1. The second kappa shape index (κ2) is 7.45. The molecular formula is C19H19ClN4O2. The number of nitrogens with one attached hydrogen (secondary N) is 3. The Morgan fingerprint density at radius 2 is 2.08 bits per heavy atom. The van der Waals surface area contributed by atoms with Crippen LogP contribution in [0, 0.1) is 5.92 Å². The first kappa shape index (κ1) is 17.0. The van der Waals surface area contributed by atoms with Gasteiger partial charge in [0.25, 0.3) is 0 Å². The molecule has 2 heterocycles. The lowest BCUT2D eigenvalue weighted by atomic mass is 10.1. The maximum absolute atomic E-state index is 12.4. The highest BCUT2D eigenvalue weighted by molar-refractivity contribution is 6.35. The van der Waals surface area contributed by atoms with Crippen LogP contribution in [0.3, 0.4) is 0 Å². The number of fused-ring (bicyclic) bond motifs is 1. The third-order valence-electron chi connectivity index (χ3n) is 4.39. The van der Waals surface area contributed by atoms with Crippen LogP contribution in [0.2, 0.25) is 5.02 Å². The largest absolute Gasteiger partial charge is 0.379 e. The van der Waals surface area contributed by atoms with E-state index in [1.807, 2.05) is 42.5 Å². The first-order chi connectivity index (χ1) is 12.7. The van der Waals surface area contributed by atoms with Gasteiger partial charge in [0.15, 0.2) is 0 Å². The van der Waals surface area contributed by atoms with E-state index < -0.39 is 0 Å². The summed E-state index contributed by atoms with van der Waals surface area (Å²) in [5.74, 6) is 0.518. The number of H-pyrrole nitrogens is 1. The Kier molecular flexibility index (Phi) is 4.88. The van der Waals surface area contributed by atoms with E-state index in [1.165, 1.54) is 0 Å². The average molecular weight is 371 g/mol. The zero-order chi connectivity index (χ0) is 17.9. The number of rotatable bonds is 3. The first-order valence-electron chi connectivity index (χ1n) is 8.55. The molecule has 0 aliphatic carbocycles. The lowest BCUT2D eigenvalue weighted by Crippen LogP contribution is -2.33. The summed E-state index contributed by atoms with van der Waals surface area (Å²) in [7, 11) is 0. The van der Waals surface area contributed by atoms with E-state index in [-0.39, 0.29) is 11.8 Å². The van der Waals surface area contributed by atoms with Crippen molar-refractivity contribution in [3.8, 4) is 11.4 Å². The Morgan fingerprint density at radius 1 is 1.23 bits per heavy atom. The molecule has 0 saturated carbocycles. The molecule has 3 aromatic rings. The number of ether oxygens (including phenoxy) is 1. The van der Waals surface area contributed by atoms with Crippen LogP contribution in [0.15, 0.2) is 42.5 Å². The van der Waals surface area contributed by atoms with Gasteiger partial charge in [-0.3, -0.25) is 4.79 Å². The Bertz CT molecular complexity index is 915. The quantitative estimate of drug-likeness (QED) is 0.662. The van der Waals surface area contributed by atoms with Crippen molar-refractivity contribution in [1.29, 1.82) is 0 Å². The van der Waals surface area contributed by atoms with Crippen LogP contribution in [0.1, 0.15) is 0 Å². The number of hydrogen-bond acceptors (Lipinski definition) is 4. The number of nitrogens with zero attached hydrogens (tertiary/aromatic N) is 1. The minimum Gasteiger partial charge on any atom is -0.379 e. The molecule has 0 bridgehead atoms. The van der Waals surface area contributed by atoms with Crippen LogP contribution in [-0.2, 0) is 9.53 Å². The monoisotopic (exact) mass is 370 g/mol. The number of hydrogen-bond donors (Lipinski definition) is 3. The van der Waals surface area contributed by atoms with E-state index in [0.717, 1.165) is 34.7 Å². The predicted molar refractivity (Wildman–Crippen MR) is 102 cm³/mol. The molecule has 1 fully saturated rings. The van der Waals surface area contributed by atoms with Gasteiger partial charge in [-0.2, -0.15) is 0 Å². The SMILES string of the molecule is O=C(Nc1ccc(-c2nc3c(Cl)cccc3[nH]2)cc1)C1CNCCOC1. The number of imidazole rings is 1. The summed E-state index contributed by atoms with van der Waals surface area (Å²) in [6, 6.07) is 13.2. The molecule has 7 heteroatoms. The molecule has 1 amide bonds. The van der Waals surface area contributed by atoms with E-state index in [1.54, 1.807) is 0 Å². The fourth-order valence-corrected chi connectivity index (χ4v) is 3.18. The fourth-order valence-electron chi connectivity index (χ4n) is 2.96. The average Bonchev–Trinajstić information content (AvgIpc) is 2.91. The van der Waals surface area contributed by atoms with Crippen LogP contribution in [-0.4, -0.2) is 42.2 Å². The van der Waals surface area contributed by atoms with Gasteiger partial charge in [0.05, 0.1) is 29.7 Å². The topological polar surface area (TPSA) is 79.0 Å². The second-order valence-electron chi connectivity index (χ2n) is 6.26. The number of aromatic nitrogens is 2. The molecule has 0 spiro atoms. The van der Waals surface area contributed by atoms with Crippen LogP contribution in [0.4, 0.5) is 5.69 Å². The number of anilines is 1. The van der Waals surface area contributed by atoms with Gasteiger partial charge < -0.3 is 20.4 Å². The maximum Gasteiger partial charge on any atom is 0.231 e. The third kappa shape index (κ3) is 3.58. The van der Waals surface area contributed by atoms with Gasteiger partial charge in [0, 0.05) is 24.3 Å². The summed E-state index contributed by atoms with van der Waals surface area (Å²) < 4.78 is 5.43. The van der Waals surface area contributed by atoms with Gasteiger partial charge in [-0.1, -0.05) is 17.7 Å². The number of halogens is 1. The molecule has 1 aliphatic heterocycles. The molecule has 3 N–H and O–H groups in total. The second-order valence-corrected chi connectivity index (χ2v) is 6.67. The van der Waals surface area contributed by atoms with Crippen LogP contribution in [0.25, 0.3) is 22.4 Å². The molecule has 1 saturated heterocycles. The van der Waals surface area contributed by atoms with Crippen molar-refractivity contribution >= 4 is 34.2 Å². The van der Waals surface area contributed by atoms with Crippen molar-refractivity contribution in [2.75, 3.05) is 31.6 Å². The minimum atomic E-state index is -0.185. The van der Waals surface area contributed by atoms with Crippen molar-refractivity contribution < 1.29 is 9.53 Å². The van der Waals surface area contributed by atoms with Gasteiger partial charge in [-0.15, -0.1) is 0 Å². The lowest BCUT2D eigenvalue weighted by Gasteiger charge is -2.14. The first-order valence-corrected chi connectivity index (χ1v) is 8.92. The lowest BCUT2D eigenvalue weighted by molar-refractivity contribution is -0.121. The fraction of sp³-hybridized carbons (Fsp3) is 0.263. The van der Waals surface area contributed by atoms with E-state index in [0.29, 0.717) is 24.8 Å². The third-order valence-corrected chi connectivity index (χ3v) is 4.70. The summed E-state index contributed by atoms with van der Waals surface area (Å²) in [6.07, 6.45) is 0. The molecule has 6 nitrogen and oxygen atoms in total. The predicted octanol–water partition coefficient (Wildman–Crippen LogP) is 3.06. The van der Waals surface area contributed by atoms with Crippen LogP contribution in [0.5, 0.6) is 0 Å². The van der Waals surface area contributed by atoms with Gasteiger partial charge in [-0.25, -0.2) is 4.98 Å². The summed E-state index contributed by atoms with van der Waals surface area (Å²) in [4.78, 5) is 20.2. The van der Waals surface area contributed by atoms with Crippen LogP contribution < -0.4 is 10.6 Å². The summed E-state index contributed by atoms with van der Waals surface area (Å²) in [5.41, 5.74) is 3.32. The van der Waals surface area contributed by atoms with Gasteiger partial charge in [0.1, 0.15) is 11.3 Å². The highest BCUT2D eigenvalue weighted by atomic mass is 35.5. The molecule has 1 unspecified atom stereocenters. The molecule has 1 atom stereocenters. The van der Waals surface area contributed by atoms with Gasteiger partial charge >= 0.3 is 0 Å². The molecular weight excluding hydrogens is 352 g/mol. The number of amides is 1. The maximum atomic E-state index is 12.4. The van der Waals surface area contributed by atoms with E-state index in [2.05, 4.69) is 20.6 Å². The van der Waals surface area contributed by atoms with Gasteiger partial charge in [-0.05, 0) is 36.4 Å². The van der Waals surface area contributed by atoms with E-state index >= 15 is 0 Å². The van der Waals surface area contributed by atoms with Crippen molar-refractivity contribution in [2.45, 2.75) is 0 Å².